The molecule has 15 aromatic rings. The Hall–Kier alpha value is -14.6. The minimum atomic E-state index is -3.22. The molecule has 10 aromatic heterocycles. The van der Waals surface area contributed by atoms with Gasteiger partial charge in [0.25, 0.3) is 5.91 Å². The molecule has 10 heterocycles. The topological polar surface area (TPSA) is 489 Å². The van der Waals surface area contributed by atoms with E-state index in [2.05, 4.69) is 166 Å². The SMILES string of the molecule is CC(C)COC(=O)Cl.Cc1cc(C)cc(-c2ncn(/C=C(/C#N)c3ccncc3)n2)c1.Cc1cc(C)cc(-c2ncn(/C=C(/C(=O)O)c3ccncc3)n2)c1.Cc1cc(C)cc(-c2ncn(/C=C(/C(=O)OC(C)C)c3ccncc3)n2)c1.Cc1cc(C)cc(-c2ncn(/C=C(/C(N)=O)c3ccncc3)n2)c1.Cc1cc(C)cc(-c2ncn(/C=C(\Br)C(=O)OC(C)C)n2)c1.O=P(Cl)(Cl)Cl.OB(O)c1ccncc1.[2H]CF.[Li+].[OH-]. The zero-order valence-electron chi connectivity index (χ0n) is 83.9. The number of alkyl halides is 1. The molecule has 0 fully saturated rings. The average molecular weight is 2140 g/mol. The van der Waals surface area contributed by atoms with E-state index in [-0.39, 0.29) is 46.6 Å². The summed E-state index contributed by atoms with van der Waals surface area (Å²) in [6.45, 7) is 31.8. The van der Waals surface area contributed by atoms with Gasteiger partial charge in [0.05, 0.1) is 55.8 Å². The monoisotopic (exact) mass is 2140 g/mol. The molecule has 35 nitrogen and oxygen atoms in total. The van der Waals surface area contributed by atoms with E-state index in [9.17, 15) is 43.3 Å². The maximum absolute atomic E-state index is 12.6. The van der Waals surface area contributed by atoms with Crippen LogP contribution in [0.1, 0.15) is 121 Å². The van der Waals surface area contributed by atoms with Crippen LogP contribution in [0, 0.1) is 86.5 Å². The second kappa shape index (κ2) is 61.5. The number of carbonyl (C=O) groups excluding carboxylic acids is 4. The molecule has 0 saturated heterocycles. The predicted octanol–water partition coefficient (Wildman–Crippen LogP) is 17.6. The largest absolute Gasteiger partial charge is 1.00 e. The zero-order valence-corrected chi connectivity index (χ0v) is 88.4. The summed E-state index contributed by atoms with van der Waals surface area (Å²) in [5, 5.41) is 54.7. The fourth-order valence-electron chi connectivity index (χ4n) is 13.0. The third kappa shape index (κ3) is 43.5. The summed E-state index contributed by atoms with van der Waals surface area (Å²) in [5.41, 5.74) is 25.5. The molecule has 44 heteroatoms. The molecule has 0 aliphatic heterocycles. The summed E-state index contributed by atoms with van der Waals surface area (Å²) in [4.78, 5) is 98.5. The van der Waals surface area contributed by atoms with Crippen molar-refractivity contribution in [1.29, 1.82) is 5.26 Å². The van der Waals surface area contributed by atoms with Gasteiger partial charge in [-0.15, -0.1) is 25.5 Å². The summed E-state index contributed by atoms with van der Waals surface area (Å²) in [6, 6.07) is 49.8. The molecule has 146 heavy (non-hydrogen) atoms. The van der Waals surface area contributed by atoms with Crippen LogP contribution in [0.3, 0.4) is 0 Å². The van der Waals surface area contributed by atoms with Crippen LogP contribution in [0.25, 0.3) is 110 Å². The zero-order chi connectivity index (χ0) is 107. The molecule has 0 radical (unpaired) electrons. The number of aliphatic carboxylic acids is 1. The number of hydrogen-bond acceptors (Lipinski definition) is 28. The number of halogens is 6. The van der Waals surface area contributed by atoms with E-state index in [0.29, 0.717) is 80.5 Å². The Morgan fingerprint density at radius 2 is 0.699 bits per heavy atom. The fraction of sp³-hybridized carbons (Fsp3) is 0.206. The summed E-state index contributed by atoms with van der Waals surface area (Å²) in [5.74, 6) is 0.934. The first kappa shape index (κ1) is 120. The third-order valence-electron chi connectivity index (χ3n) is 18.4. The van der Waals surface area contributed by atoms with Gasteiger partial charge in [0.15, 0.2) is 29.1 Å². The number of rotatable bonds is 23. The fourth-order valence-corrected chi connectivity index (χ4v) is 13.3. The summed E-state index contributed by atoms with van der Waals surface area (Å²) in [6.07, 6.45) is 31.1. The van der Waals surface area contributed by atoms with Gasteiger partial charge in [0, 0.05) is 126 Å². The number of carboxylic acids is 1. The van der Waals surface area contributed by atoms with Crippen molar-refractivity contribution < 1.29 is 88.0 Å². The number of aromatic nitrogens is 20. The standard InChI is InChI=1S/C21H22N4O2.C18H17N5O.C18H15N5.C18H16N4O2.C16H18BrN3O2.C5H6BNO2.C5H9ClO2.CH3F.Cl3OP.Li.H2O/c1-14(2)27-21(26)19(17-5-7-22-8-6-17)12-25-13-23-20(24-25)18-10-15(3)9-16(4)11-18;1-12-7-13(2)9-15(8-12)18-21-11-23(22-18)10-16(17(19)24)14-3-5-20-6-4-14;1-13-7-14(2)9-16(8-13)18-21-12-23(22-18)11-17(10-19)15-3-5-20-6-4-15;1-12-7-13(2)9-15(8-12)17-20-11-22(21-17)10-16(18(23)24)14-3-5-19-6-4-14;1-10(2)22-16(21)14(17)8-20-9-18-15(19-20)13-6-11(3)5-12(4)7-13;8-6(9)5-1-3-7-4-2-5;1-4(2)3-8-5(6)7;1-2;1-5(2,3)4;;/h5-14H,1-4H3;3-11H,1-2H3,(H2,19,24);3-9,11-12H,1-2H3;3-11H,1-2H3,(H,23,24);5-10H,1-4H3;1-4,8-9H;4H,3H2,1-2H3;1H3;;;1H2/q;;;;;;;;;+1;/p-1/b19-12+;16-10+;17-11-;16-10+;14-8-;;;;;;/i;;;;;;;1D;;;. The van der Waals surface area contributed by atoms with E-state index >= 15 is 0 Å². The van der Waals surface area contributed by atoms with Gasteiger partial charge >= 0.3 is 54.5 Å². The first-order valence-electron chi connectivity index (χ1n) is 44.4. The van der Waals surface area contributed by atoms with Crippen molar-refractivity contribution in [2.75, 3.05) is 13.8 Å². The number of benzene rings is 5. The number of carbonyl (C=O) groups is 5. The van der Waals surface area contributed by atoms with Crippen LogP contribution in [0.2, 0.25) is 0 Å². The Balaban J connectivity index is 0.000000304. The number of ether oxygens (including phenoxy) is 3. The maximum atomic E-state index is 12.6. The van der Waals surface area contributed by atoms with E-state index < -0.39 is 48.7 Å². The van der Waals surface area contributed by atoms with Crippen LogP contribution in [0.5, 0.6) is 0 Å². The Labute approximate surface area is 886 Å². The van der Waals surface area contributed by atoms with Crippen LogP contribution in [-0.4, -0.2) is 182 Å². The molecular formula is C102H107BBrCl4FLiN22O13P. The molecule has 0 bridgehead atoms. The normalized spacial score (nSPS) is 11.1. The number of nitrogens with two attached hydrogens (primary N) is 1. The van der Waals surface area contributed by atoms with Crippen molar-refractivity contribution in [2.24, 2.45) is 11.7 Å². The van der Waals surface area contributed by atoms with Crippen molar-refractivity contribution in [3.05, 3.63) is 328 Å². The number of allylic oxidation sites excluding steroid dienone is 1. The first-order valence-corrected chi connectivity index (χ1v) is 49.2. The van der Waals surface area contributed by atoms with Crippen LogP contribution >= 0.6 is 66.5 Å². The average Bonchev–Trinajstić information content (AvgIpc) is 1.73. The minimum Gasteiger partial charge on any atom is -0.870 e. The predicted molar refractivity (Wildman–Crippen MR) is 567 cm³/mol. The van der Waals surface area contributed by atoms with Crippen LogP contribution in [0.4, 0.5) is 9.18 Å². The molecule has 15 rings (SSSR count). The smallest absolute Gasteiger partial charge is 0.870 e. The molecule has 6 N–H and O–H groups in total. The summed E-state index contributed by atoms with van der Waals surface area (Å²) >= 11 is 21.9. The number of aryl methyl sites for hydroxylation is 10. The molecule has 1 amide bonds. The van der Waals surface area contributed by atoms with Crippen molar-refractivity contribution >= 4 is 162 Å². The van der Waals surface area contributed by atoms with Crippen LogP contribution in [-0.2, 0) is 38.0 Å². The number of primary amides is 1. The number of hydrogen-bond donors (Lipinski definition) is 4. The number of carboxylic acid groups (broad SMARTS) is 1. The first-order chi connectivity index (χ1) is 68.8. The van der Waals surface area contributed by atoms with Gasteiger partial charge in [-0.2, -0.15) is 5.26 Å². The molecule has 5 aromatic carbocycles. The molecular weight excluding hydrogens is 2030 g/mol. The van der Waals surface area contributed by atoms with Crippen molar-refractivity contribution in [2.45, 2.75) is 123 Å². The Morgan fingerprint density at radius 3 is 0.945 bits per heavy atom. The van der Waals surface area contributed by atoms with Gasteiger partial charge in [-0.3, -0.25) is 38.7 Å². The van der Waals surface area contributed by atoms with Gasteiger partial charge < -0.3 is 40.6 Å². The molecule has 0 unspecified atom stereocenters. The van der Waals surface area contributed by atoms with Gasteiger partial charge in [0.2, 0.25) is 0 Å². The number of nitrogens with zero attached hydrogens (tertiary/aromatic N) is 21. The maximum Gasteiger partial charge on any atom is 1.00 e. The van der Waals surface area contributed by atoms with Crippen molar-refractivity contribution in [3.63, 3.8) is 0 Å². The second-order valence-electron chi connectivity index (χ2n) is 32.4. The molecule has 0 saturated carbocycles. The van der Waals surface area contributed by atoms with E-state index in [1.54, 1.807) is 173 Å². The molecule has 0 spiro atoms. The van der Waals surface area contributed by atoms with E-state index in [1.807, 2.05) is 158 Å². The summed E-state index contributed by atoms with van der Waals surface area (Å²) in [7, 11) is -2.38. The van der Waals surface area contributed by atoms with E-state index in [0.717, 1.165) is 77.9 Å². The second-order valence-corrected chi connectivity index (χ2v) is 40.2. The van der Waals surface area contributed by atoms with Crippen LogP contribution < -0.4 is 30.1 Å². The van der Waals surface area contributed by atoms with E-state index in [1.165, 1.54) is 61.0 Å². The molecule has 0 aliphatic carbocycles. The number of esters is 2. The summed E-state index contributed by atoms with van der Waals surface area (Å²) < 4.78 is 47.7. The minimum absolute atomic E-state index is 0. The van der Waals surface area contributed by atoms with Gasteiger partial charge in [-0.1, -0.05) is 99.8 Å². The third-order valence-corrected chi connectivity index (χ3v) is 19.1. The van der Waals surface area contributed by atoms with Crippen molar-refractivity contribution in [3.8, 4) is 63.0 Å². The van der Waals surface area contributed by atoms with Crippen molar-refractivity contribution in [1.82, 2.24) is 98.7 Å². The van der Waals surface area contributed by atoms with E-state index in [4.69, 9.17) is 38.2 Å². The Kier molecular flexibility index (Phi) is 50.6. The number of amides is 1. The number of nitriles is 1. The molecule has 0 atom stereocenters. The quantitative estimate of drug-likeness (QED) is 0.00878. The van der Waals surface area contributed by atoms with Crippen LogP contribution in [0.15, 0.2) is 250 Å². The van der Waals surface area contributed by atoms with Gasteiger partial charge in [-0.05, 0) is 302 Å². The molecule has 0 aliphatic rings. The Morgan fingerprint density at radius 1 is 0.452 bits per heavy atom. The molecule has 754 valence electrons. The Bertz CT molecular complexity index is 6820. The van der Waals surface area contributed by atoms with Gasteiger partial charge in [-0.25, -0.2) is 67.5 Å². The number of pyridine rings is 5. The van der Waals surface area contributed by atoms with Gasteiger partial charge in [0.1, 0.15) is 42.2 Å².